The summed E-state index contributed by atoms with van der Waals surface area (Å²) in [5.41, 5.74) is 5.43. The number of nitrogens with zero attached hydrogens (tertiary/aromatic N) is 2. The van der Waals surface area contributed by atoms with Crippen LogP contribution in [-0.4, -0.2) is 67.2 Å². The molecule has 3 aliphatic rings. The smallest absolute Gasteiger partial charge is 0.245 e. The number of likely N-dealkylation sites (tertiary alicyclic amines) is 2. The molecule has 3 rings (SSSR count). The number of hydrogen-bond donors (Lipinski definition) is 1. The lowest BCUT2D eigenvalue weighted by Gasteiger charge is -2.37. The predicted molar refractivity (Wildman–Crippen MR) is 77.3 cm³/mol. The van der Waals surface area contributed by atoms with E-state index >= 15 is 0 Å². The highest BCUT2D eigenvalue weighted by molar-refractivity contribution is 5.86. The van der Waals surface area contributed by atoms with Gasteiger partial charge in [-0.1, -0.05) is 0 Å². The van der Waals surface area contributed by atoms with Crippen molar-refractivity contribution >= 4 is 5.91 Å². The Labute approximate surface area is 121 Å². The molecule has 1 amide bonds. The van der Waals surface area contributed by atoms with Crippen LogP contribution in [0.1, 0.15) is 32.1 Å². The van der Waals surface area contributed by atoms with Crippen molar-refractivity contribution in [3.05, 3.63) is 0 Å². The standard InChI is InChI=1S/C15H27N3O2/c16-15(5-10-20-12-15)14(19)18-8-3-13(4-9-18)11-17-6-1-2-7-17/h13H,1-12,16H2. The van der Waals surface area contributed by atoms with E-state index in [0.717, 1.165) is 31.8 Å². The lowest BCUT2D eigenvalue weighted by molar-refractivity contribution is -0.138. The molecule has 5 heteroatoms. The average molecular weight is 281 g/mol. The van der Waals surface area contributed by atoms with Crippen molar-refractivity contribution < 1.29 is 9.53 Å². The molecule has 0 bridgehead atoms. The van der Waals surface area contributed by atoms with Crippen molar-refractivity contribution in [2.45, 2.75) is 37.6 Å². The predicted octanol–water partition coefficient (Wildman–Crippen LogP) is 0.439. The maximum atomic E-state index is 12.5. The highest BCUT2D eigenvalue weighted by Gasteiger charge is 2.41. The van der Waals surface area contributed by atoms with Gasteiger partial charge < -0.3 is 20.3 Å². The Morgan fingerprint density at radius 1 is 1.20 bits per heavy atom. The molecule has 0 aromatic rings. The topological polar surface area (TPSA) is 58.8 Å². The zero-order valence-electron chi connectivity index (χ0n) is 12.4. The number of hydrogen-bond acceptors (Lipinski definition) is 4. The lowest BCUT2D eigenvalue weighted by atomic mass is 9.92. The number of nitrogens with two attached hydrogens (primary N) is 1. The van der Waals surface area contributed by atoms with Gasteiger partial charge in [-0.25, -0.2) is 0 Å². The molecule has 0 saturated carbocycles. The van der Waals surface area contributed by atoms with E-state index in [1.807, 2.05) is 4.90 Å². The molecule has 0 spiro atoms. The van der Waals surface area contributed by atoms with Gasteiger partial charge in [-0.3, -0.25) is 4.79 Å². The Morgan fingerprint density at radius 3 is 2.50 bits per heavy atom. The number of rotatable bonds is 3. The number of amides is 1. The van der Waals surface area contributed by atoms with Crippen LogP contribution in [0.3, 0.4) is 0 Å². The van der Waals surface area contributed by atoms with Crippen LogP contribution in [0, 0.1) is 5.92 Å². The molecular formula is C15H27N3O2. The second kappa shape index (κ2) is 6.00. The van der Waals surface area contributed by atoms with Crippen molar-refractivity contribution in [2.75, 3.05) is 45.9 Å². The minimum Gasteiger partial charge on any atom is -0.379 e. The molecule has 0 aromatic carbocycles. The fourth-order valence-corrected chi connectivity index (χ4v) is 3.71. The highest BCUT2D eigenvalue weighted by atomic mass is 16.5. The summed E-state index contributed by atoms with van der Waals surface area (Å²) in [5.74, 6) is 0.861. The van der Waals surface area contributed by atoms with Crippen LogP contribution in [0.15, 0.2) is 0 Å². The lowest BCUT2D eigenvalue weighted by Crippen LogP contribution is -2.57. The van der Waals surface area contributed by atoms with Gasteiger partial charge in [0.2, 0.25) is 5.91 Å². The average Bonchev–Trinajstić information content (AvgIpc) is 3.11. The van der Waals surface area contributed by atoms with E-state index in [-0.39, 0.29) is 5.91 Å². The summed E-state index contributed by atoms with van der Waals surface area (Å²) in [5, 5.41) is 0. The summed E-state index contributed by atoms with van der Waals surface area (Å²) in [6.45, 7) is 6.50. The van der Waals surface area contributed by atoms with Gasteiger partial charge in [0.05, 0.1) is 6.61 Å². The van der Waals surface area contributed by atoms with E-state index in [0.29, 0.717) is 19.6 Å². The number of carbonyl (C=O) groups is 1. The first-order chi connectivity index (χ1) is 9.67. The van der Waals surface area contributed by atoms with Crippen molar-refractivity contribution in [3.63, 3.8) is 0 Å². The summed E-state index contributed by atoms with van der Waals surface area (Å²) < 4.78 is 5.30. The van der Waals surface area contributed by atoms with E-state index in [1.165, 1.54) is 32.5 Å². The first-order valence-electron chi connectivity index (χ1n) is 8.06. The summed E-state index contributed by atoms with van der Waals surface area (Å²) in [6.07, 6.45) is 5.62. The molecule has 1 unspecified atom stereocenters. The van der Waals surface area contributed by atoms with Crippen LogP contribution < -0.4 is 5.73 Å². The Hall–Kier alpha value is -0.650. The zero-order valence-corrected chi connectivity index (χ0v) is 12.4. The molecule has 3 saturated heterocycles. The number of carbonyl (C=O) groups excluding carboxylic acids is 1. The number of piperidine rings is 1. The van der Waals surface area contributed by atoms with Gasteiger partial charge in [0.1, 0.15) is 5.54 Å². The van der Waals surface area contributed by atoms with Crippen molar-refractivity contribution in [1.29, 1.82) is 0 Å². The van der Waals surface area contributed by atoms with E-state index < -0.39 is 5.54 Å². The molecule has 3 heterocycles. The fourth-order valence-electron chi connectivity index (χ4n) is 3.71. The SMILES string of the molecule is NC1(C(=O)N2CCC(CN3CCCC3)CC2)CCOC1. The molecule has 2 N–H and O–H groups in total. The minimum atomic E-state index is -0.748. The Kier molecular flexibility index (Phi) is 4.29. The summed E-state index contributed by atoms with van der Waals surface area (Å²) in [7, 11) is 0. The Balaban J connectivity index is 1.46. The van der Waals surface area contributed by atoms with Gasteiger partial charge in [0.25, 0.3) is 0 Å². The quantitative estimate of drug-likeness (QED) is 0.815. The molecule has 0 aromatic heterocycles. The molecule has 1 atom stereocenters. The largest absolute Gasteiger partial charge is 0.379 e. The van der Waals surface area contributed by atoms with Crippen LogP contribution in [0.4, 0.5) is 0 Å². The van der Waals surface area contributed by atoms with E-state index in [1.54, 1.807) is 0 Å². The Bertz CT molecular complexity index is 341. The summed E-state index contributed by atoms with van der Waals surface area (Å²) in [4.78, 5) is 17.0. The third-order valence-corrected chi connectivity index (χ3v) is 5.09. The molecule has 0 radical (unpaired) electrons. The van der Waals surface area contributed by atoms with Crippen LogP contribution in [-0.2, 0) is 9.53 Å². The summed E-state index contributed by atoms with van der Waals surface area (Å²) in [6, 6.07) is 0. The second-order valence-electron chi connectivity index (χ2n) is 6.70. The maximum Gasteiger partial charge on any atom is 0.245 e. The molecule has 0 aliphatic carbocycles. The first-order valence-corrected chi connectivity index (χ1v) is 8.06. The van der Waals surface area contributed by atoms with Gasteiger partial charge in [0, 0.05) is 26.2 Å². The van der Waals surface area contributed by atoms with Crippen molar-refractivity contribution in [2.24, 2.45) is 11.7 Å². The van der Waals surface area contributed by atoms with E-state index in [2.05, 4.69) is 4.90 Å². The number of ether oxygens (including phenoxy) is 1. The van der Waals surface area contributed by atoms with E-state index in [4.69, 9.17) is 10.5 Å². The second-order valence-corrected chi connectivity index (χ2v) is 6.70. The first kappa shape index (κ1) is 14.3. The third kappa shape index (κ3) is 3.00. The molecule has 3 fully saturated rings. The van der Waals surface area contributed by atoms with Crippen LogP contribution in [0.2, 0.25) is 0 Å². The highest BCUT2D eigenvalue weighted by Crippen LogP contribution is 2.24. The monoisotopic (exact) mass is 281 g/mol. The maximum absolute atomic E-state index is 12.5. The molecule has 3 aliphatic heterocycles. The van der Waals surface area contributed by atoms with Crippen molar-refractivity contribution in [3.8, 4) is 0 Å². The van der Waals surface area contributed by atoms with Gasteiger partial charge in [-0.2, -0.15) is 0 Å². The zero-order chi connectivity index (χ0) is 14.0. The molecule has 20 heavy (non-hydrogen) atoms. The molecule has 114 valence electrons. The molecular weight excluding hydrogens is 254 g/mol. The van der Waals surface area contributed by atoms with Gasteiger partial charge in [-0.15, -0.1) is 0 Å². The Morgan fingerprint density at radius 2 is 1.90 bits per heavy atom. The summed E-state index contributed by atoms with van der Waals surface area (Å²) >= 11 is 0. The third-order valence-electron chi connectivity index (χ3n) is 5.09. The van der Waals surface area contributed by atoms with E-state index in [9.17, 15) is 4.79 Å². The van der Waals surface area contributed by atoms with Gasteiger partial charge >= 0.3 is 0 Å². The van der Waals surface area contributed by atoms with Crippen molar-refractivity contribution in [1.82, 2.24) is 9.80 Å². The van der Waals surface area contributed by atoms with Crippen LogP contribution in [0.5, 0.6) is 0 Å². The fraction of sp³-hybridized carbons (Fsp3) is 0.933. The van der Waals surface area contributed by atoms with Gasteiger partial charge in [-0.05, 0) is 51.1 Å². The van der Waals surface area contributed by atoms with Crippen LogP contribution in [0.25, 0.3) is 0 Å². The molecule has 5 nitrogen and oxygen atoms in total. The van der Waals surface area contributed by atoms with Gasteiger partial charge in [0.15, 0.2) is 0 Å². The van der Waals surface area contributed by atoms with Crippen LogP contribution >= 0.6 is 0 Å². The minimum absolute atomic E-state index is 0.106. The normalized spacial score (nSPS) is 33.0.